The molecule has 5 heterocycles. The number of halogens is 1. The van der Waals surface area contributed by atoms with E-state index >= 15 is 0 Å². The van der Waals surface area contributed by atoms with Crippen LogP contribution in [0.25, 0.3) is 11.3 Å². The average Bonchev–Trinajstić information content (AvgIpc) is 4.04. The summed E-state index contributed by atoms with van der Waals surface area (Å²) >= 11 is 6.63. The number of carbonyl (C=O) groups is 3. The Bertz CT molecular complexity index is 2730. The molecule has 5 aliphatic rings. The number of aryl methyl sites for hydroxylation is 2. The second-order valence-electron chi connectivity index (χ2n) is 19.4. The normalized spacial score (nSPS) is 20.7. The number of rotatable bonds is 17. The molecule has 5 aromatic rings. The standard InChI is InChI=1S/C53H60ClN11O4/c1-62-47(26-34-7-8-34)43(29-58-62)50-45(54)30-57-53(61-50)59-40-16-14-39(15-17-40)56-21-3-4-37-27-41(18-13-38(37)28-55)64-24-22-63(23-25-64)31-35-9-11-36(12-10-35)33-69-48-6-2-5-42-44(48)32-65(52(42)68)46-19-20-49(66)60-51(46)67/h2,5-6,9-13,18,27,29-30,34,39-40,46,56H,3-4,7-8,14-17,19-26,31-33H2,1H3,(H,57,59,61)(H,60,66,67)/t39-,40-,46-/m0/s1. The van der Waals surface area contributed by atoms with E-state index in [1.165, 1.54) is 29.8 Å². The topological polar surface area (TPSA) is 174 Å². The molecule has 0 unspecified atom stereocenters. The summed E-state index contributed by atoms with van der Waals surface area (Å²) in [5, 5.41) is 24.8. The number of aromatic nitrogens is 4. The van der Waals surface area contributed by atoms with Gasteiger partial charge in [0.05, 0.1) is 41.3 Å². The van der Waals surface area contributed by atoms with Crippen molar-refractivity contribution in [1.82, 2.24) is 40.2 Å². The number of carbonyl (C=O) groups excluding carboxylic acids is 3. The molecule has 15 nitrogen and oxygen atoms in total. The van der Waals surface area contributed by atoms with Crippen molar-refractivity contribution >= 4 is 41.0 Å². The fourth-order valence-electron chi connectivity index (χ4n) is 10.4. The van der Waals surface area contributed by atoms with Gasteiger partial charge in [0.2, 0.25) is 17.8 Å². The fraction of sp³-hybridized carbons (Fsp3) is 0.453. The Morgan fingerprint density at radius 3 is 2.45 bits per heavy atom. The summed E-state index contributed by atoms with van der Waals surface area (Å²) in [6.07, 6.45) is 13.7. The number of anilines is 2. The van der Waals surface area contributed by atoms with E-state index in [1.807, 2.05) is 30.1 Å². The van der Waals surface area contributed by atoms with E-state index in [9.17, 15) is 19.6 Å². The summed E-state index contributed by atoms with van der Waals surface area (Å²) in [6, 6.07) is 22.8. The van der Waals surface area contributed by atoms with Gasteiger partial charge in [-0.1, -0.05) is 41.9 Å². The van der Waals surface area contributed by atoms with Crippen molar-refractivity contribution in [2.45, 2.75) is 108 Å². The molecule has 2 aliphatic carbocycles. The predicted octanol–water partition coefficient (Wildman–Crippen LogP) is 6.96. The van der Waals surface area contributed by atoms with E-state index in [-0.39, 0.29) is 24.8 Å². The molecule has 2 saturated heterocycles. The quantitative estimate of drug-likeness (QED) is 0.0647. The van der Waals surface area contributed by atoms with Crippen molar-refractivity contribution in [3.63, 3.8) is 0 Å². The lowest BCUT2D eigenvalue weighted by Gasteiger charge is -2.36. The minimum Gasteiger partial charge on any atom is -0.489 e. The summed E-state index contributed by atoms with van der Waals surface area (Å²) in [5.74, 6) is 1.04. The molecule has 3 aliphatic heterocycles. The fourth-order valence-corrected chi connectivity index (χ4v) is 10.6. The largest absolute Gasteiger partial charge is 0.489 e. The van der Waals surface area contributed by atoms with Gasteiger partial charge in [-0.15, -0.1) is 0 Å². The summed E-state index contributed by atoms with van der Waals surface area (Å²) < 4.78 is 8.20. The molecule has 2 aromatic heterocycles. The van der Waals surface area contributed by atoms with Gasteiger partial charge >= 0.3 is 0 Å². The van der Waals surface area contributed by atoms with Gasteiger partial charge in [0, 0.05) is 86.3 Å². The third kappa shape index (κ3) is 10.8. The first kappa shape index (κ1) is 46.4. The van der Waals surface area contributed by atoms with Crippen LogP contribution in [0.4, 0.5) is 11.6 Å². The molecule has 0 radical (unpaired) electrons. The molecule has 69 heavy (non-hydrogen) atoms. The van der Waals surface area contributed by atoms with E-state index in [0.29, 0.717) is 47.4 Å². The van der Waals surface area contributed by atoms with Crippen LogP contribution in [0.15, 0.2) is 73.1 Å². The molecule has 2 saturated carbocycles. The van der Waals surface area contributed by atoms with Gasteiger partial charge in [0.1, 0.15) is 18.4 Å². The van der Waals surface area contributed by atoms with E-state index in [0.717, 1.165) is 124 Å². The minimum atomic E-state index is -0.664. The molecule has 10 rings (SSSR count). The number of benzene rings is 3. The summed E-state index contributed by atoms with van der Waals surface area (Å²) in [7, 11) is 1.99. The monoisotopic (exact) mass is 949 g/mol. The number of nitrogens with one attached hydrogen (secondary N) is 3. The van der Waals surface area contributed by atoms with Gasteiger partial charge in [-0.05, 0) is 124 Å². The van der Waals surface area contributed by atoms with Crippen LogP contribution in [0.3, 0.4) is 0 Å². The highest BCUT2D eigenvalue weighted by molar-refractivity contribution is 6.33. The number of amides is 3. The van der Waals surface area contributed by atoms with Crippen LogP contribution >= 0.6 is 11.6 Å². The zero-order chi connectivity index (χ0) is 47.4. The summed E-state index contributed by atoms with van der Waals surface area (Å²) in [5.41, 5.74) is 9.55. The summed E-state index contributed by atoms with van der Waals surface area (Å²) in [6.45, 7) is 6.10. The van der Waals surface area contributed by atoms with Crippen LogP contribution in [-0.2, 0) is 49.2 Å². The lowest BCUT2D eigenvalue weighted by Crippen LogP contribution is -2.52. The highest BCUT2D eigenvalue weighted by Gasteiger charge is 2.40. The zero-order valence-corrected chi connectivity index (χ0v) is 40.0. The van der Waals surface area contributed by atoms with Crippen molar-refractivity contribution < 1.29 is 19.1 Å². The molecule has 1 atom stereocenters. The lowest BCUT2D eigenvalue weighted by molar-refractivity contribution is -0.136. The van der Waals surface area contributed by atoms with E-state index in [4.69, 9.17) is 21.3 Å². The van der Waals surface area contributed by atoms with Crippen LogP contribution in [0.5, 0.6) is 5.75 Å². The molecular weight excluding hydrogens is 890 g/mol. The van der Waals surface area contributed by atoms with Gasteiger partial charge in [-0.2, -0.15) is 10.4 Å². The maximum Gasteiger partial charge on any atom is 0.255 e. The second kappa shape index (κ2) is 20.7. The molecule has 0 spiro atoms. The predicted molar refractivity (Wildman–Crippen MR) is 264 cm³/mol. The second-order valence-corrected chi connectivity index (χ2v) is 19.8. The zero-order valence-electron chi connectivity index (χ0n) is 39.3. The van der Waals surface area contributed by atoms with Crippen LogP contribution < -0.4 is 25.6 Å². The number of fused-ring (bicyclic) bond motifs is 1. The first-order valence-electron chi connectivity index (χ1n) is 24.7. The van der Waals surface area contributed by atoms with Gasteiger partial charge in [0.25, 0.3) is 5.91 Å². The third-order valence-electron chi connectivity index (χ3n) is 14.7. The SMILES string of the molecule is Cn1ncc(-c2nc(N[C@H]3CC[C@H](NCCCc4cc(N5CCN(Cc6ccc(COc7cccc8c7CN([C@H]7CCC(=O)NC7=O)C8=O)cc6)CC5)ccc4C#N)CC3)ncc2Cl)c1CC1CC1. The number of nitriles is 1. The smallest absolute Gasteiger partial charge is 0.255 e. The highest BCUT2D eigenvalue weighted by Crippen LogP contribution is 2.38. The van der Waals surface area contributed by atoms with Crippen molar-refractivity contribution in [1.29, 1.82) is 5.26 Å². The van der Waals surface area contributed by atoms with Crippen LogP contribution in [0.1, 0.15) is 102 Å². The Morgan fingerprint density at radius 2 is 1.68 bits per heavy atom. The van der Waals surface area contributed by atoms with Crippen molar-refractivity contribution in [2.24, 2.45) is 13.0 Å². The Balaban J connectivity index is 0.646. The Morgan fingerprint density at radius 1 is 0.899 bits per heavy atom. The van der Waals surface area contributed by atoms with Gasteiger partial charge in [0.15, 0.2) is 0 Å². The molecule has 0 bridgehead atoms. The Labute approximate surface area is 408 Å². The van der Waals surface area contributed by atoms with E-state index in [1.54, 1.807) is 23.2 Å². The number of ether oxygens (including phenoxy) is 1. The third-order valence-corrected chi connectivity index (χ3v) is 14.9. The van der Waals surface area contributed by atoms with Crippen LogP contribution in [-0.4, -0.2) is 98.1 Å². The number of imide groups is 1. The number of piperazine rings is 1. The number of hydrogen-bond acceptors (Lipinski definition) is 12. The maximum atomic E-state index is 13.2. The summed E-state index contributed by atoms with van der Waals surface area (Å²) in [4.78, 5) is 53.3. The number of hydrogen-bond donors (Lipinski definition) is 3. The Kier molecular flexibility index (Phi) is 13.9. The van der Waals surface area contributed by atoms with Crippen LogP contribution in [0, 0.1) is 17.2 Å². The molecule has 16 heteroatoms. The van der Waals surface area contributed by atoms with Gasteiger partial charge < -0.3 is 25.2 Å². The average molecular weight is 951 g/mol. The van der Waals surface area contributed by atoms with Gasteiger partial charge in [-0.3, -0.25) is 29.3 Å². The first-order valence-corrected chi connectivity index (χ1v) is 25.0. The molecule has 3 aromatic carbocycles. The van der Waals surface area contributed by atoms with E-state index in [2.05, 4.69) is 78.3 Å². The molecule has 3 N–H and O–H groups in total. The molecule has 358 valence electrons. The highest BCUT2D eigenvalue weighted by atomic mass is 35.5. The minimum absolute atomic E-state index is 0.212. The number of nitrogens with zero attached hydrogens (tertiary/aromatic N) is 8. The van der Waals surface area contributed by atoms with Gasteiger partial charge in [-0.25, -0.2) is 9.97 Å². The van der Waals surface area contributed by atoms with Crippen molar-refractivity contribution in [3.05, 3.63) is 117 Å². The molecule has 4 fully saturated rings. The lowest BCUT2D eigenvalue weighted by atomic mass is 9.91. The first-order chi connectivity index (χ1) is 33.6. The molecule has 3 amide bonds. The van der Waals surface area contributed by atoms with Crippen molar-refractivity contribution in [2.75, 3.05) is 42.9 Å². The maximum absolute atomic E-state index is 13.2. The van der Waals surface area contributed by atoms with Crippen LogP contribution in [0.2, 0.25) is 5.02 Å². The Hall–Kier alpha value is -6.34. The molecular formula is C53H60ClN11O4. The van der Waals surface area contributed by atoms with Crippen molar-refractivity contribution in [3.8, 4) is 23.1 Å². The number of piperidine rings is 1. The van der Waals surface area contributed by atoms with E-state index < -0.39 is 11.9 Å².